The lowest BCUT2D eigenvalue weighted by Crippen LogP contribution is -2.33. The molecule has 2 aromatic rings. The Balaban J connectivity index is 1.76. The highest BCUT2D eigenvalue weighted by Gasteiger charge is 2.08. The van der Waals surface area contributed by atoms with Crippen molar-refractivity contribution in [1.29, 1.82) is 0 Å². The van der Waals surface area contributed by atoms with Crippen molar-refractivity contribution in [3.63, 3.8) is 0 Å². The van der Waals surface area contributed by atoms with Gasteiger partial charge in [-0.3, -0.25) is 9.59 Å². The highest BCUT2D eigenvalue weighted by atomic mass is 35.5. The highest BCUT2D eigenvalue weighted by Crippen LogP contribution is 2.18. The first kappa shape index (κ1) is 19.8. The minimum atomic E-state index is -0.267. The second-order valence-corrected chi connectivity index (χ2v) is 6.80. The van der Waals surface area contributed by atoms with Crippen molar-refractivity contribution in [2.45, 2.75) is 26.9 Å². The summed E-state index contributed by atoms with van der Waals surface area (Å²) < 4.78 is 5.69. The molecule has 0 heterocycles. The van der Waals surface area contributed by atoms with E-state index in [4.69, 9.17) is 16.3 Å². The Labute approximate surface area is 158 Å². The van der Waals surface area contributed by atoms with E-state index in [1.807, 2.05) is 38.1 Å². The Kier molecular flexibility index (Phi) is 7.48. The number of carbonyl (C=O) groups is 2. The van der Waals surface area contributed by atoms with E-state index in [1.54, 1.807) is 24.3 Å². The van der Waals surface area contributed by atoms with Gasteiger partial charge in [-0.05, 0) is 47.9 Å². The first-order chi connectivity index (χ1) is 12.4. The Hall–Kier alpha value is -2.53. The summed E-state index contributed by atoms with van der Waals surface area (Å²) in [6.45, 7) is 4.30. The van der Waals surface area contributed by atoms with E-state index < -0.39 is 0 Å². The number of ether oxygens (including phenoxy) is 1. The molecule has 2 rings (SSSR count). The van der Waals surface area contributed by atoms with Gasteiger partial charge in [0.1, 0.15) is 12.4 Å². The van der Waals surface area contributed by atoms with Gasteiger partial charge >= 0.3 is 0 Å². The zero-order chi connectivity index (χ0) is 18.9. The number of carbonyl (C=O) groups excluding carboxylic acids is 2. The topological polar surface area (TPSA) is 67.4 Å². The lowest BCUT2D eigenvalue weighted by Gasteiger charge is -2.10. The second-order valence-electron chi connectivity index (χ2n) is 6.36. The molecule has 0 aliphatic rings. The third-order valence-corrected chi connectivity index (χ3v) is 3.75. The molecule has 5 nitrogen and oxygen atoms in total. The van der Waals surface area contributed by atoms with Crippen LogP contribution in [0.2, 0.25) is 5.02 Å². The summed E-state index contributed by atoms with van der Waals surface area (Å²) in [5.74, 6) is 0.569. The molecule has 26 heavy (non-hydrogen) atoms. The monoisotopic (exact) mass is 374 g/mol. The van der Waals surface area contributed by atoms with Crippen molar-refractivity contribution in [2.75, 3.05) is 11.9 Å². The normalized spacial score (nSPS) is 10.5. The van der Waals surface area contributed by atoms with Crippen LogP contribution in [-0.4, -0.2) is 18.4 Å². The van der Waals surface area contributed by atoms with E-state index in [1.165, 1.54) is 0 Å². The van der Waals surface area contributed by atoms with Crippen LogP contribution in [0.5, 0.6) is 5.75 Å². The maximum Gasteiger partial charge on any atom is 0.243 e. The highest BCUT2D eigenvalue weighted by molar-refractivity contribution is 6.30. The van der Waals surface area contributed by atoms with Gasteiger partial charge in [0.05, 0.1) is 6.54 Å². The summed E-state index contributed by atoms with van der Waals surface area (Å²) in [4.78, 5) is 23.4. The molecule has 0 bridgehead atoms. The van der Waals surface area contributed by atoms with Crippen molar-refractivity contribution in [2.24, 2.45) is 5.92 Å². The molecule has 0 spiro atoms. The van der Waals surface area contributed by atoms with Crippen LogP contribution < -0.4 is 15.4 Å². The van der Waals surface area contributed by atoms with Crippen molar-refractivity contribution < 1.29 is 14.3 Å². The quantitative estimate of drug-likeness (QED) is 0.733. The summed E-state index contributed by atoms with van der Waals surface area (Å²) >= 11 is 5.85. The van der Waals surface area contributed by atoms with Gasteiger partial charge in [-0.1, -0.05) is 37.6 Å². The van der Waals surface area contributed by atoms with Crippen LogP contribution in [0.3, 0.4) is 0 Å². The smallest absolute Gasteiger partial charge is 0.243 e. The number of halogens is 1. The summed E-state index contributed by atoms with van der Waals surface area (Å²) in [7, 11) is 0. The van der Waals surface area contributed by atoms with Gasteiger partial charge in [-0.2, -0.15) is 0 Å². The fourth-order valence-electron chi connectivity index (χ4n) is 2.21. The number of hydrogen-bond donors (Lipinski definition) is 2. The molecule has 138 valence electrons. The molecule has 2 aromatic carbocycles. The standard InChI is InChI=1S/C20H23ClN2O3/c1-14(2)11-19(24)22-12-20(25)23-17-7-9-18(10-8-17)26-13-15-3-5-16(21)6-4-15/h3-10,14H,11-13H2,1-2H3,(H,22,24)(H,23,25). The van der Waals surface area contributed by atoms with Gasteiger partial charge in [0.15, 0.2) is 0 Å². The second kappa shape index (κ2) is 9.82. The number of hydrogen-bond acceptors (Lipinski definition) is 3. The Morgan fingerprint density at radius 3 is 2.27 bits per heavy atom. The number of anilines is 1. The largest absolute Gasteiger partial charge is 0.489 e. The molecule has 0 saturated heterocycles. The number of rotatable bonds is 8. The first-order valence-electron chi connectivity index (χ1n) is 8.46. The van der Waals surface area contributed by atoms with Crippen LogP contribution in [0, 0.1) is 5.92 Å². The minimum Gasteiger partial charge on any atom is -0.489 e. The van der Waals surface area contributed by atoms with Gasteiger partial charge in [0, 0.05) is 17.1 Å². The summed E-state index contributed by atoms with van der Waals surface area (Å²) in [6, 6.07) is 14.5. The van der Waals surface area contributed by atoms with Crippen LogP contribution in [0.1, 0.15) is 25.8 Å². The van der Waals surface area contributed by atoms with Crippen LogP contribution in [-0.2, 0) is 16.2 Å². The fourth-order valence-corrected chi connectivity index (χ4v) is 2.33. The number of nitrogens with one attached hydrogen (secondary N) is 2. The van der Waals surface area contributed by atoms with Gasteiger partial charge in [-0.15, -0.1) is 0 Å². The van der Waals surface area contributed by atoms with Crippen molar-refractivity contribution >= 4 is 29.1 Å². The van der Waals surface area contributed by atoms with Gasteiger partial charge in [-0.25, -0.2) is 0 Å². The average molecular weight is 375 g/mol. The average Bonchev–Trinajstić information content (AvgIpc) is 2.60. The van der Waals surface area contributed by atoms with Crippen LogP contribution in [0.25, 0.3) is 0 Å². The first-order valence-corrected chi connectivity index (χ1v) is 8.84. The van der Waals surface area contributed by atoms with E-state index in [9.17, 15) is 9.59 Å². The summed E-state index contributed by atoms with van der Waals surface area (Å²) in [5.41, 5.74) is 1.66. The van der Waals surface area contributed by atoms with E-state index in [-0.39, 0.29) is 24.3 Å². The SMILES string of the molecule is CC(C)CC(=O)NCC(=O)Nc1ccc(OCc2ccc(Cl)cc2)cc1. The minimum absolute atomic E-state index is 0.0413. The fraction of sp³-hybridized carbons (Fsp3) is 0.300. The van der Waals surface area contributed by atoms with E-state index in [0.29, 0.717) is 29.5 Å². The predicted octanol–water partition coefficient (Wildman–Crippen LogP) is 4.02. The van der Waals surface area contributed by atoms with Crippen molar-refractivity contribution in [3.05, 3.63) is 59.1 Å². The van der Waals surface area contributed by atoms with Crippen LogP contribution >= 0.6 is 11.6 Å². The van der Waals surface area contributed by atoms with Crippen LogP contribution in [0.15, 0.2) is 48.5 Å². The molecule has 0 radical (unpaired) electrons. The molecular formula is C20H23ClN2O3. The Morgan fingerprint density at radius 2 is 1.65 bits per heavy atom. The Morgan fingerprint density at radius 1 is 1.00 bits per heavy atom. The molecule has 0 aliphatic heterocycles. The molecule has 0 atom stereocenters. The molecule has 0 fully saturated rings. The molecule has 2 N–H and O–H groups in total. The summed E-state index contributed by atoms with van der Waals surface area (Å²) in [5, 5.41) is 6.03. The summed E-state index contributed by atoms with van der Waals surface area (Å²) in [6.07, 6.45) is 0.410. The molecule has 6 heteroatoms. The van der Waals surface area contributed by atoms with Gasteiger partial charge in [0.25, 0.3) is 0 Å². The van der Waals surface area contributed by atoms with E-state index in [0.717, 1.165) is 5.56 Å². The maximum atomic E-state index is 11.9. The Bertz CT molecular complexity index is 728. The maximum absolute atomic E-state index is 11.9. The molecule has 0 unspecified atom stereocenters. The molecule has 2 amide bonds. The van der Waals surface area contributed by atoms with Gasteiger partial charge in [0.2, 0.25) is 11.8 Å². The molecular weight excluding hydrogens is 352 g/mol. The third-order valence-electron chi connectivity index (χ3n) is 3.50. The third kappa shape index (κ3) is 7.15. The number of benzene rings is 2. The molecule has 0 aromatic heterocycles. The van der Waals surface area contributed by atoms with Gasteiger partial charge < -0.3 is 15.4 Å². The molecule has 0 aliphatic carbocycles. The van der Waals surface area contributed by atoms with E-state index >= 15 is 0 Å². The van der Waals surface area contributed by atoms with Crippen LogP contribution in [0.4, 0.5) is 5.69 Å². The lowest BCUT2D eigenvalue weighted by atomic mass is 10.1. The predicted molar refractivity (Wildman–Crippen MR) is 103 cm³/mol. The number of amides is 2. The van der Waals surface area contributed by atoms with Crippen molar-refractivity contribution in [3.8, 4) is 5.75 Å². The lowest BCUT2D eigenvalue weighted by molar-refractivity contribution is -0.124. The van der Waals surface area contributed by atoms with Crippen molar-refractivity contribution in [1.82, 2.24) is 5.32 Å². The zero-order valence-electron chi connectivity index (χ0n) is 14.9. The van der Waals surface area contributed by atoms with E-state index in [2.05, 4.69) is 10.6 Å². The zero-order valence-corrected chi connectivity index (χ0v) is 15.7. The molecule has 0 saturated carbocycles.